The highest BCUT2D eigenvalue weighted by Crippen LogP contribution is 2.15. The molecule has 0 spiro atoms. The van der Waals surface area contributed by atoms with E-state index in [9.17, 15) is 14.4 Å². The van der Waals surface area contributed by atoms with Gasteiger partial charge in [-0.15, -0.1) is 0 Å². The summed E-state index contributed by atoms with van der Waals surface area (Å²) in [6.07, 6.45) is 0.552. The zero-order valence-corrected chi connectivity index (χ0v) is 16.0. The van der Waals surface area contributed by atoms with Crippen LogP contribution in [0.2, 0.25) is 0 Å². The molecule has 0 bridgehead atoms. The molecule has 2 atom stereocenters. The van der Waals surface area contributed by atoms with Crippen LogP contribution in [0.3, 0.4) is 0 Å². The minimum absolute atomic E-state index is 0.153. The second kappa shape index (κ2) is 8.67. The van der Waals surface area contributed by atoms with Gasteiger partial charge in [0.25, 0.3) is 5.91 Å². The van der Waals surface area contributed by atoms with Crippen LogP contribution in [0.15, 0.2) is 48.5 Å². The minimum Gasteiger partial charge on any atom is -0.465 e. The minimum atomic E-state index is -0.409. The van der Waals surface area contributed by atoms with E-state index < -0.39 is 6.04 Å². The Kier molecular flexibility index (Phi) is 6.06. The molecule has 2 aromatic rings. The number of quaternary nitrogens is 1. The van der Waals surface area contributed by atoms with Gasteiger partial charge in [-0.3, -0.25) is 9.59 Å². The van der Waals surface area contributed by atoms with Gasteiger partial charge in [-0.2, -0.15) is 0 Å². The molecule has 2 aromatic carbocycles. The van der Waals surface area contributed by atoms with Crippen LogP contribution in [0, 0.1) is 0 Å². The summed E-state index contributed by atoms with van der Waals surface area (Å²) in [4.78, 5) is 36.7. The Morgan fingerprint density at radius 2 is 1.61 bits per heavy atom. The predicted octanol–water partition coefficient (Wildman–Crippen LogP) is 0.766. The number of hydrogen-bond donors (Lipinski definition) is 3. The third-order valence-corrected chi connectivity index (χ3v) is 4.82. The number of amides is 2. The lowest BCUT2D eigenvalue weighted by molar-refractivity contribution is -0.924. The molecule has 1 aliphatic rings. The average molecular weight is 382 g/mol. The van der Waals surface area contributed by atoms with Gasteiger partial charge >= 0.3 is 5.97 Å². The highest BCUT2D eigenvalue weighted by molar-refractivity contribution is 5.92. The van der Waals surface area contributed by atoms with Crippen molar-refractivity contribution in [2.45, 2.75) is 25.9 Å². The molecule has 0 radical (unpaired) electrons. The molecule has 0 aromatic heterocycles. The van der Waals surface area contributed by atoms with Crippen molar-refractivity contribution in [2.24, 2.45) is 0 Å². The highest BCUT2D eigenvalue weighted by atomic mass is 16.5. The maximum absolute atomic E-state index is 12.6. The number of benzene rings is 2. The monoisotopic (exact) mass is 382 g/mol. The second-order valence-electron chi connectivity index (χ2n) is 6.87. The molecule has 0 fully saturated rings. The number of methoxy groups -OCH3 is 1. The van der Waals surface area contributed by atoms with Crippen LogP contribution < -0.4 is 15.5 Å². The molecule has 28 heavy (non-hydrogen) atoms. The molecular formula is C21H24N3O4+. The first-order chi connectivity index (χ1) is 13.5. The molecular weight excluding hydrogens is 358 g/mol. The lowest BCUT2D eigenvalue weighted by atomic mass is 9.94. The Morgan fingerprint density at radius 1 is 1.00 bits per heavy atom. The van der Waals surface area contributed by atoms with Crippen LogP contribution >= 0.6 is 0 Å². The number of anilines is 2. The zero-order chi connectivity index (χ0) is 20.1. The summed E-state index contributed by atoms with van der Waals surface area (Å²) in [5.74, 6) is -0.646. The van der Waals surface area contributed by atoms with Crippen LogP contribution in [-0.2, 0) is 32.1 Å². The molecule has 3 rings (SSSR count). The van der Waals surface area contributed by atoms with Gasteiger partial charge in [-0.05, 0) is 29.8 Å². The average Bonchev–Trinajstić information content (AvgIpc) is 2.68. The van der Waals surface area contributed by atoms with Gasteiger partial charge in [0.1, 0.15) is 6.54 Å². The molecule has 1 heterocycles. The fourth-order valence-electron chi connectivity index (χ4n) is 3.49. The fraction of sp³-hybridized carbons (Fsp3) is 0.286. The highest BCUT2D eigenvalue weighted by Gasteiger charge is 2.37. The largest absolute Gasteiger partial charge is 0.465 e. The van der Waals surface area contributed by atoms with Crippen LogP contribution in [0.5, 0.6) is 0 Å². The summed E-state index contributed by atoms with van der Waals surface area (Å²) in [7, 11) is 1.37. The molecule has 3 N–H and O–H groups in total. The van der Waals surface area contributed by atoms with E-state index in [1.165, 1.54) is 14.0 Å². The summed E-state index contributed by atoms with van der Waals surface area (Å²) in [5, 5.41) is 5.52. The number of esters is 1. The predicted molar refractivity (Wildman–Crippen MR) is 105 cm³/mol. The number of rotatable bonds is 5. The number of carbonyl (C=O) groups excluding carboxylic acids is 3. The SMILES string of the molecule is COC(=O)[C@H]1Cc2ccccc2C[NH+]1CC(=O)Nc1ccc(NC(C)=O)cc1. The summed E-state index contributed by atoms with van der Waals surface area (Å²) in [6, 6.07) is 14.4. The van der Waals surface area contributed by atoms with Crippen LogP contribution in [-0.4, -0.2) is 37.5 Å². The van der Waals surface area contributed by atoms with Gasteiger partial charge in [0.15, 0.2) is 12.6 Å². The molecule has 1 unspecified atom stereocenters. The van der Waals surface area contributed by atoms with Crippen LogP contribution in [0.1, 0.15) is 18.1 Å². The Labute approximate surface area is 163 Å². The van der Waals surface area contributed by atoms with E-state index in [0.717, 1.165) is 16.0 Å². The number of nitrogens with one attached hydrogen (secondary N) is 3. The van der Waals surface area contributed by atoms with E-state index in [1.807, 2.05) is 24.3 Å². The topological polar surface area (TPSA) is 88.9 Å². The van der Waals surface area contributed by atoms with Crippen molar-refractivity contribution < 1.29 is 24.0 Å². The van der Waals surface area contributed by atoms with E-state index in [0.29, 0.717) is 24.3 Å². The Balaban J connectivity index is 1.67. The van der Waals surface area contributed by atoms with Gasteiger partial charge in [-0.1, -0.05) is 24.3 Å². The first-order valence-corrected chi connectivity index (χ1v) is 9.13. The second-order valence-corrected chi connectivity index (χ2v) is 6.87. The maximum Gasteiger partial charge on any atom is 0.365 e. The van der Waals surface area contributed by atoms with E-state index >= 15 is 0 Å². The molecule has 0 aliphatic carbocycles. The number of hydrogen-bond acceptors (Lipinski definition) is 4. The number of ether oxygens (including phenoxy) is 1. The summed E-state index contributed by atoms with van der Waals surface area (Å²) >= 11 is 0. The smallest absolute Gasteiger partial charge is 0.365 e. The normalized spacial score (nSPS) is 17.9. The van der Waals surface area contributed by atoms with Crippen molar-refractivity contribution >= 4 is 29.2 Å². The van der Waals surface area contributed by atoms with Gasteiger partial charge in [0, 0.05) is 30.3 Å². The summed E-state index contributed by atoms with van der Waals surface area (Å²) < 4.78 is 4.95. The van der Waals surface area contributed by atoms with Crippen LogP contribution in [0.25, 0.3) is 0 Å². The van der Waals surface area contributed by atoms with E-state index in [1.54, 1.807) is 24.3 Å². The summed E-state index contributed by atoms with van der Waals surface area (Å²) in [6.45, 7) is 2.18. The molecule has 146 valence electrons. The molecule has 0 saturated heterocycles. The molecule has 7 nitrogen and oxygen atoms in total. The van der Waals surface area contributed by atoms with E-state index in [2.05, 4.69) is 10.6 Å². The Hall–Kier alpha value is -3.19. The lowest BCUT2D eigenvalue weighted by Crippen LogP contribution is -3.17. The quantitative estimate of drug-likeness (QED) is 0.667. The summed E-state index contributed by atoms with van der Waals surface area (Å²) in [5.41, 5.74) is 3.56. The first kappa shape index (κ1) is 19.6. The Bertz CT molecular complexity index is 879. The number of fused-ring (bicyclic) bond motifs is 1. The standard InChI is InChI=1S/C21H23N3O4/c1-14(25)22-17-7-9-18(10-8-17)23-20(26)13-24-12-16-6-4-3-5-15(16)11-19(24)21(27)28-2/h3-10,19H,11-13H2,1-2H3,(H,22,25)(H,23,26)/p+1/t19-/m1/s1. The van der Waals surface area contributed by atoms with Crippen molar-refractivity contribution in [3.05, 3.63) is 59.7 Å². The number of carbonyl (C=O) groups is 3. The van der Waals surface area contributed by atoms with E-state index in [4.69, 9.17) is 4.74 Å². The molecule has 0 saturated carbocycles. The molecule has 1 aliphatic heterocycles. The third kappa shape index (κ3) is 4.75. The first-order valence-electron chi connectivity index (χ1n) is 9.13. The van der Waals surface area contributed by atoms with Gasteiger partial charge in [-0.25, -0.2) is 4.79 Å². The van der Waals surface area contributed by atoms with Crippen molar-refractivity contribution in [1.29, 1.82) is 0 Å². The van der Waals surface area contributed by atoms with Gasteiger partial charge in [0.05, 0.1) is 7.11 Å². The van der Waals surface area contributed by atoms with E-state index in [-0.39, 0.29) is 24.3 Å². The zero-order valence-electron chi connectivity index (χ0n) is 16.0. The lowest BCUT2D eigenvalue weighted by Gasteiger charge is -2.31. The van der Waals surface area contributed by atoms with Crippen LogP contribution in [0.4, 0.5) is 11.4 Å². The third-order valence-electron chi connectivity index (χ3n) is 4.82. The van der Waals surface area contributed by atoms with Gasteiger partial charge < -0.3 is 20.3 Å². The van der Waals surface area contributed by atoms with Crippen molar-refractivity contribution in [3.63, 3.8) is 0 Å². The van der Waals surface area contributed by atoms with Gasteiger partial charge in [0.2, 0.25) is 5.91 Å². The molecule has 7 heteroatoms. The Morgan fingerprint density at radius 3 is 2.21 bits per heavy atom. The molecule has 2 amide bonds. The fourth-order valence-corrected chi connectivity index (χ4v) is 3.49. The van der Waals surface area contributed by atoms with Crippen molar-refractivity contribution in [2.75, 3.05) is 24.3 Å². The van der Waals surface area contributed by atoms with Crippen molar-refractivity contribution in [3.8, 4) is 0 Å². The van der Waals surface area contributed by atoms with Crippen molar-refractivity contribution in [1.82, 2.24) is 0 Å². The maximum atomic E-state index is 12.6.